The van der Waals surface area contributed by atoms with Crippen molar-refractivity contribution in [2.75, 3.05) is 0 Å². The molecule has 1 saturated carbocycles. The standard InChI is InChI=1S/C7H2F10/c8-2-1-4(11,12)5(2,13)6(14,3(9)10)7(15,16)17/h1H2. The molecule has 2 unspecified atom stereocenters. The van der Waals surface area contributed by atoms with Crippen LogP contribution in [0.25, 0.3) is 0 Å². The van der Waals surface area contributed by atoms with E-state index < -0.39 is 42.5 Å². The third-order valence-electron chi connectivity index (χ3n) is 2.38. The summed E-state index contributed by atoms with van der Waals surface area (Å²) in [6, 6.07) is 0. The summed E-state index contributed by atoms with van der Waals surface area (Å²) in [5.74, 6) is -5.20. The summed E-state index contributed by atoms with van der Waals surface area (Å²) in [5.41, 5.74) is -12.1. The summed E-state index contributed by atoms with van der Waals surface area (Å²) in [6.07, 6.45) is -16.0. The molecule has 1 aliphatic rings. The highest BCUT2D eigenvalue weighted by molar-refractivity contribution is 5.35. The normalized spacial score (nSPS) is 33.4. The van der Waals surface area contributed by atoms with Gasteiger partial charge in [-0.1, -0.05) is 0 Å². The van der Waals surface area contributed by atoms with Gasteiger partial charge in [-0.15, -0.1) is 0 Å². The Morgan fingerprint density at radius 3 is 1.53 bits per heavy atom. The highest BCUT2D eigenvalue weighted by atomic mass is 19.4. The van der Waals surface area contributed by atoms with Gasteiger partial charge in [0.1, 0.15) is 0 Å². The Balaban J connectivity index is 3.35. The minimum absolute atomic E-state index is 2.17. The molecule has 2 radical (unpaired) electrons. The van der Waals surface area contributed by atoms with Crippen molar-refractivity contribution in [1.29, 1.82) is 0 Å². The van der Waals surface area contributed by atoms with E-state index >= 15 is 0 Å². The SMILES string of the molecule is F[C](F)C(F)(C(F)(F)F)C1(F)[C](F)CC1(F)F. The lowest BCUT2D eigenvalue weighted by atomic mass is 9.65. The third kappa shape index (κ3) is 1.44. The van der Waals surface area contributed by atoms with Crippen molar-refractivity contribution in [2.45, 2.75) is 29.9 Å². The van der Waals surface area contributed by atoms with Crippen LogP contribution < -0.4 is 0 Å². The van der Waals surface area contributed by atoms with Crippen LogP contribution in [0.15, 0.2) is 0 Å². The summed E-state index contributed by atoms with van der Waals surface area (Å²) in [5, 5.41) is 0. The average Bonchev–Trinajstić information content (AvgIpc) is 2.12. The summed E-state index contributed by atoms with van der Waals surface area (Å²) >= 11 is 0. The fourth-order valence-corrected chi connectivity index (χ4v) is 1.40. The van der Waals surface area contributed by atoms with Crippen LogP contribution in [0, 0.1) is 12.6 Å². The topological polar surface area (TPSA) is 0 Å². The van der Waals surface area contributed by atoms with E-state index in [0.717, 1.165) is 0 Å². The van der Waals surface area contributed by atoms with Crippen molar-refractivity contribution < 1.29 is 43.9 Å². The van der Waals surface area contributed by atoms with Gasteiger partial charge >= 0.3 is 18.3 Å². The van der Waals surface area contributed by atoms with Gasteiger partial charge in [0.25, 0.3) is 11.6 Å². The van der Waals surface area contributed by atoms with Gasteiger partial charge in [-0.2, -0.15) is 22.0 Å². The molecule has 1 rings (SSSR count). The van der Waals surface area contributed by atoms with Gasteiger partial charge < -0.3 is 0 Å². The Morgan fingerprint density at radius 1 is 1.00 bits per heavy atom. The predicted octanol–water partition coefficient (Wildman–Crippen LogP) is 3.93. The molecule has 0 aliphatic heterocycles. The molecule has 100 valence electrons. The lowest BCUT2D eigenvalue weighted by Gasteiger charge is -2.50. The van der Waals surface area contributed by atoms with Crippen molar-refractivity contribution >= 4 is 0 Å². The van der Waals surface area contributed by atoms with Crippen molar-refractivity contribution in [3.63, 3.8) is 0 Å². The number of rotatable bonds is 2. The molecule has 0 aromatic heterocycles. The van der Waals surface area contributed by atoms with Crippen LogP contribution >= 0.6 is 0 Å². The first kappa shape index (κ1) is 14.4. The number of alkyl halides is 7. The van der Waals surface area contributed by atoms with E-state index in [-0.39, 0.29) is 0 Å². The van der Waals surface area contributed by atoms with Crippen LogP contribution in [0.2, 0.25) is 0 Å². The summed E-state index contributed by atoms with van der Waals surface area (Å²) in [7, 11) is 0. The molecular weight excluding hydrogens is 274 g/mol. The van der Waals surface area contributed by atoms with Crippen molar-refractivity contribution in [3.8, 4) is 0 Å². The first-order valence-corrected chi connectivity index (χ1v) is 3.85. The summed E-state index contributed by atoms with van der Waals surface area (Å²) < 4.78 is 123. The first-order valence-electron chi connectivity index (χ1n) is 3.85. The minimum Gasteiger partial charge on any atom is -0.236 e. The Labute approximate surface area is 87.6 Å². The second-order valence-corrected chi connectivity index (χ2v) is 3.36. The van der Waals surface area contributed by atoms with Crippen molar-refractivity contribution in [3.05, 3.63) is 12.6 Å². The zero-order chi connectivity index (χ0) is 13.9. The molecule has 1 aliphatic carbocycles. The monoisotopic (exact) mass is 276 g/mol. The highest BCUT2D eigenvalue weighted by Crippen LogP contribution is 2.68. The summed E-state index contributed by atoms with van der Waals surface area (Å²) in [6.45, 7) is 0. The van der Waals surface area contributed by atoms with Crippen LogP contribution in [0.1, 0.15) is 6.42 Å². The van der Waals surface area contributed by atoms with Gasteiger partial charge in [0.05, 0.1) is 6.42 Å². The van der Waals surface area contributed by atoms with Crippen LogP contribution in [-0.2, 0) is 0 Å². The fraction of sp³-hybridized carbons (Fsp3) is 0.714. The van der Waals surface area contributed by atoms with Gasteiger partial charge in [-0.05, 0) is 0 Å². The number of hydrogen-bond acceptors (Lipinski definition) is 0. The third-order valence-corrected chi connectivity index (χ3v) is 2.38. The lowest BCUT2D eigenvalue weighted by molar-refractivity contribution is -0.351. The molecular formula is C7H2F10. The maximum absolute atomic E-state index is 13.1. The summed E-state index contributed by atoms with van der Waals surface area (Å²) in [4.78, 5) is 0. The number of halogens is 10. The second-order valence-electron chi connectivity index (χ2n) is 3.36. The van der Waals surface area contributed by atoms with Crippen molar-refractivity contribution in [1.82, 2.24) is 0 Å². The largest absolute Gasteiger partial charge is 0.432 e. The molecule has 0 aromatic carbocycles. The maximum atomic E-state index is 13.1. The van der Waals surface area contributed by atoms with Crippen LogP contribution in [0.5, 0.6) is 0 Å². The van der Waals surface area contributed by atoms with Gasteiger partial charge in [0.2, 0.25) is 0 Å². The predicted molar refractivity (Wildman–Crippen MR) is 33.1 cm³/mol. The van der Waals surface area contributed by atoms with E-state index in [1.807, 2.05) is 0 Å². The highest BCUT2D eigenvalue weighted by Gasteiger charge is 2.91. The molecule has 0 heterocycles. The lowest BCUT2D eigenvalue weighted by Crippen LogP contribution is -2.75. The maximum Gasteiger partial charge on any atom is 0.432 e. The Hall–Kier alpha value is -0.700. The molecule has 0 saturated heterocycles. The van der Waals surface area contributed by atoms with Gasteiger partial charge in [0, 0.05) is 0 Å². The van der Waals surface area contributed by atoms with E-state index in [4.69, 9.17) is 0 Å². The Morgan fingerprint density at radius 2 is 1.41 bits per heavy atom. The average molecular weight is 276 g/mol. The Bertz CT molecular complexity index is 308. The van der Waals surface area contributed by atoms with E-state index in [2.05, 4.69) is 0 Å². The van der Waals surface area contributed by atoms with Gasteiger partial charge in [-0.25, -0.2) is 22.0 Å². The van der Waals surface area contributed by atoms with E-state index in [9.17, 15) is 43.9 Å². The van der Waals surface area contributed by atoms with Crippen LogP contribution in [0.3, 0.4) is 0 Å². The van der Waals surface area contributed by atoms with E-state index in [1.54, 1.807) is 0 Å². The molecule has 0 nitrogen and oxygen atoms in total. The molecule has 0 bridgehead atoms. The molecule has 0 aromatic rings. The second kappa shape index (κ2) is 3.41. The molecule has 1 fully saturated rings. The molecule has 17 heavy (non-hydrogen) atoms. The molecule has 0 amide bonds. The minimum atomic E-state index is -6.72. The molecule has 10 heteroatoms. The molecule has 0 N–H and O–H groups in total. The first-order chi connectivity index (χ1) is 7.32. The van der Waals surface area contributed by atoms with Crippen molar-refractivity contribution in [2.24, 2.45) is 0 Å². The van der Waals surface area contributed by atoms with Crippen LogP contribution in [-0.4, -0.2) is 23.4 Å². The van der Waals surface area contributed by atoms with Crippen LogP contribution in [0.4, 0.5) is 43.9 Å². The molecule has 0 spiro atoms. The number of hydrogen-bond donors (Lipinski definition) is 0. The quantitative estimate of drug-likeness (QED) is 0.670. The van der Waals surface area contributed by atoms with Gasteiger partial charge in [0.15, 0.2) is 6.17 Å². The van der Waals surface area contributed by atoms with E-state index in [0.29, 0.717) is 0 Å². The zero-order valence-electron chi connectivity index (χ0n) is 7.49. The fourth-order valence-electron chi connectivity index (χ4n) is 1.40. The smallest absolute Gasteiger partial charge is 0.236 e. The van der Waals surface area contributed by atoms with Gasteiger partial charge in [-0.3, -0.25) is 0 Å². The van der Waals surface area contributed by atoms with E-state index in [1.165, 1.54) is 0 Å². The Kier molecular flexibility index (Phi) is 2.88. The zero-order valence-corrected chi connectivity index (χ0v) is 7.49. The molecule has 2 atom stereocenters.